The van der Waals surface area contributed by atoms with Crippen LogP contribution in [-0.4, -0.2) is 92.3 Å². The predicted molar refractivity (Wildman–Crippen MR) is 129 cm³/mol. The van der Waals surface area contributed by atoms with Crippen molar-refractivity contribution in [2.24, 2.45) is 5.41 Å². The molecule has 4 heterocycles. The van der Waals surface area contributed by atoms with Crippen molar-refractivity contribution in [2.75, 3.05) is 26.2 Å². The number of pyridine rings is 2. The van der Waals surface area contributed by atoms with Crippen LogP contribution >= 0.6 is 0 Å². The molecule has 4 rings (SSSR count). The number of aliphatic carboxylic acids is 2. The van der Waals surface area contributed by atoms with E-state index in [1.54, 1.807) is 24.5 Å². The Morgan fingerprint density at radius 1 is 0.805 bits per heavy atom. The van der Waals surface area contributed by atoms with Crippen LogP contribution in [0, 0.1) is 12.3 Å². The SMILES string of the molecule is Cc1cccc(C(=O)N2CCC3(CCN(C(=O)c4cccnc4)C3)CC2)n1.O=C(O)C(F)(F)F.O=C(O)C(F)(F)F. The number of carbonyl (C=O) groups excluding carboxylic acids is 2. The Kier molecular flexibility index (Phi) is 10.8. The van der Waals surface area contributed by atoms with Crippen LogP contribution < -0.4 is 0 Å². The second kappa shape index (κ2) is 13.4. The van der Waals surface area contributed by atoms with Gasteiger partial charge in [0.05, 0.1) is 5.56 Å². The number of carboxylic acid groups (broad SMARTS) is 2. The summed E-state index contributed by atoms with van der Waals surface area (Å²) in [7, 11) is 0. The molecule has 0 saturated carbocycles. The maximum Gasteiger partial charge on any atom is 0.490 e. The number of likely N-dealkylation sites (tertiary alicyclic amines) is 2. The lowest BCUT2D eigenvalue weighted by Gasteiger charge is -2.39. The Morgan fingerprint density at radius 2 is 1.32 bits per heavy atom. The summed E-state index contributed by atoms with van der Waals surface area (Å²) in [5.74, 6) is -5.45. The molecule has 16 heteroatoms. The monoisotopic (exact) mass is 592 g/mol. The fraction of sp³-hybridized carbons (Fsp3) is 0.440. The van der Waals surface area contributed by atoms with Gasteiger partial charge in [0.15, 0.2) is 0 Å². The number of amides is 2. The van der Waals surface area contributed by atoms with E-state index in [0.717, 1.165) is 51.1 Å². The lowest BCUT2D eigenvalue weighted by molar-refractivity contribution is -0.193. The summed E-state index contributed by atoms with van der Waals surface area (Å²) in [6.07, 6.45) is -3.99. The number of carbonyl (C=O) groups is 4. The molecule has 224 valence electrons. The molecule has 0 aliphatic carbocycles. The van der Waals surface area contributed by atoms with Crippen LogP contribution in [0.5, 0.6) is 0 Å². The number of carboxylic acids is 2. The molecule has 2 aliphatic heterocycles. The minimum Gasteiger partial charge on any atom is -0.475 e. The lowest BCUT2D eigenvalue weighted by Crippen LogP contribution is -2.45. The highest BCUT2D eigenvalue weighted by Gasteiger charge is 2.43. The van der Waals surface area contributed by atoms with Gasteiger partial charge in [-0.25, -0.2) is 14.6 Å². The van der Waals surface area contributed by atoms with Gasteiger partial charge in [-0.15, -0.1) is 0 Å². The summed E-state index contributed by atoms with van der Waals surface area (Å²) in [6.45, 7) is 4.90. The second-order valence-corrected chi connectivity index (χ2v) is 9.28. The molecule has 0 atom stereocenters. The van der Waals surface area contributed by atoms with Crippen molar-refractivity contribution < 1.29 is 55.7 Å². The Morgan fingerprint density at radius 3 is 1.76 bits per heavy atom. The minimum atomic E-state index is -5.08. The van der Waals surface area contributed by atoms with Crippen molar-refractivity contribution in [3.63, 3.8) is 0 Å². The molecule has 2 amide bonds. The first-order valence-electron chi connectivity index (χ1n) is 12.0. The highest BCUT2D eigenvalue weighted by molar-refractivity contribution is 5.94. The number of aryl methyl sites for hydroxylation is 1. The van der Waals surface area contributed by atoms with Gasteiger partial charge in [-0.05, 0) is 55.9 Å². The molecule has 10 nitrogen and oxygen atoms in total. The summed E-state index contributed by atoms with van der Waals surface area (Å²) in [6, 6.07) is 9.16. The highest BCUT2D eigenvalue weighted by Crippen LogP contribution is 2.41. The van der Waals surface area contributed by atoms with Crippen molar-refractivity contribution in [3.8, 4) is 0 Å². The molecule has 41 heavy (non-hydrogen) atoms. The molecule has 2 aromatic rings. The maximum atomic E-state index is 12.7. The van der Waals surface area contributed by atoms with E-state index in [2.05, 4.69) is 9.97 Å². The molecule has 2 aliphatic rings. The van der Waals surface area contributed by atoms with Gasteiger partial charge >= 0.3 is 24.3 Å². The van der Waals surface area contributed by atoms with Gasteiger partial charge in [0, 0.05) is 44.3 Å². The molecule has 2 saturated heterocycles. The predicted octanol–water partition coefficient (Wildman–Crippen LogP) is 3.82. The maximum absolute atomic E-state index is 12.7. The number of rotatable bonds is 2. The highest BCUT2D eigenvalue weighted by atomic mass is 19.4. The van der Waals surface area contributed by atoms with E-state index in [-0.39, 0.29) is 17.2 Å². The molecular formula is C25H26F6N4O6. The average molecular weight is 592 g/mol. The van der Waals surface area contributed by atoms with Gasteiger partial charge < -0.3 is 20.0 Å². The zero-order chi connectivity index (χ0) is 31.0. The van der Waals surface area contributed by atoms with Crippen LogP contribution in [0.4, 0.5) is 26.3 Å². The Balaban J connectivity index is 0.000000349. The summed E-state index contributed by atoms with van der Waals surface area (Å²) >= 11 is 0. The number of piperidine rings is 1. The molecule has 2 N–H and O–H groups in total. The topological polar surface area (TPSA) is 141 Å². The Bertz CT molecular complexity index is 1210. The first-order chi connectivity index (χ1) is 18.9. The van der Waals surface area contributed by atoms with Crippen LogP contribution in [0.2, 0.25) is 0 Å². The second-order valence-electron chi connectivity index (χ2n) is 9.28. The molecule has 2 aromatic heterocycles. The van der Waals surface area contributed by atoms with Gasteiger partial charge in [0.25, 0.3) is 11.8 Å². The summed E-state index contributed by atoms with van der Waals surface area (Å²) in [4.78, 5) is 55.4. The van der Waals surface area contributed by atoms with Crippen molar-refractivity contribution in [3.05, 3.63) is 59.7 Å². The first kappa shape index (κ1) is 33.0. The zero-order valence-electron chi connectivity index (χ0n) is 21.6. The number of alkyl halides is 6. The molecule has 0 bridgehead atoms. The first-order valence-corrected chi connectivity index (χ1v) is 12.0. The molecule has 2 fully saturated rings. The molecule has 1 spiro atoms. The van der Waals surface area contributed by atoms with E-state index in [4.69, 9.17) is 19.8 Å². The fourth-order valence-corrected chi connectivity index (χ4v) is 4.20. The molecule has 0 radical (unpaired) electrons. The zero-order valence-corrected chi connectivity index (χ0v) is 21.6. The van der Waals surface area contributed by atoms with E-state index >= 15 is 0 Å². The van der Waals surface area contributed by atoms with E-state index in [1.807, 2.05) is 34.9 Å². The third kappa shape index (κ3) is 9.72. The summed E-state index contributed by atoms with van der Waals surface area (Å²) in [5.41, 5.74) is 2.16. The number of hydrogen-bond donors (Lipinski definition) is 2. The Hall–Kier alpha value is -4.24. The van der Waals surface area contributed by atoms with E-state index in [1.165, 1.54) is 0 Å². The average Bonchev–Trinajstić information content (AvgIpc) is 3.31. The summed E-state index contributed by atoms with van der Waals surface area (Å²) in [5, 5.41) is 14.2. The van der Waals surface area contributed by atoms with Crippen molar-refractivity contribution in [2.45, 2.75) is 38.5 Å². The molecule has 0 aromatic carbocycles. The molecular weight excluding hydrogens is 566 g/mol. The third-order valence-corrected chi connectivity index (χ3v) is 6.34. The van der Waals surface area contributed by atoms with Gasteiger partial charge in [-0.3, -0.25) is 14.6 Å². The van der Waals surface area contributed by atoms with Crippen molar-refractivity contribution in [1.29, 1.82) is 0 Å². The standard InChI is InChI=1S/C21H24N4O2.2C2HF3O2/c1-16-4-2-6-18(23-16)20(27)24-11-7-21(8-12-24)9-13-25(15-21)19(26)17-5-3-10-22-14-17;2*3-2(4,5)1(6)7/h2-6,10,14H,7-9,11-13,15H2,1H3;2*(H,6,7). The summed E-state index contributed by atoms with van der Waals surface area (Å²) < 4.78 is 63.5. The Labute approximate surface area is 229 Å². The van der Waals surface area contributed by atoms with Crippen LogP contribution in [-0.2, 0) is 9.59 Å². The fourth-order valence-electron chi connectivity index (χ4n) is 4.20. The van der Waals surface area contributed by atoms with Gasteiger partial charge in [0.1, 0.15) is 5.69 Å². The smallest absolute Gasteiger partial charge is 0.475 e. The van der Waals surface area contributed by atoms with Crippen LogP contribution in [0.1, 0.15) is 45.8 Å². The van der Waals surface area contributed by atoms with Gasteiger partial charge in [-0.2, -0.15) is 26.3 Å². The number of halogens is 6. The van der Waals surface area contributed by atoms with Crippen molar-refractivity contribution >= 4 is 23.8 Å². The van der Waals surface area contributed by atoms with Gasteiger partial charge in [0.2, 0.25) is 0 Å². The molecule has 0 unspecified atom stereocenters. The van der Waals surface area contributed by atoms with E-state index in [9.17, 15) is 35.9 Å². The normalized spacial score (nSPS) is 16.2. The third-order valence-electron chi connectivity index (χ3n) is 6.34. The van der Waals surface area contributed by atoms with Gasteiger partial charge in [-0.1, -0.05) is 6.07 Å². The quantitative estimate of drug-likeness (QED) is 0.502. The van der Waals surface area contributed by atoms with Crippen molar-refractivity contribution in [1.82, 2.24) is 19.8 Å². The largest absolute Gasteiger partial charge is 0.490 e. The van der Waals surface area contributed by atoms with Crippen LogP contribution in [0.3, 0.4) is 0 Å². The minimum absolute atomic E-state index is 0.00911. The van der Waals surface area contributed by atoms with Crippen LogP contribution in [0.15, 0.2) is 42.7 Å². The van der Waals surface area contributed by atoms with E-state index in [0.29, 0.717) is 11.3 Å². The van der Waals surface area contributed by atoms with E-state index < -0.39 is 24.3 Å². The van der Waals surface area contributed by atoms with Crippen LogP contribution in [0.25, 0.3) is 0 Å². The number of hydrogen-bond acceptors (Lipinski definition) is 6. The lowest BCUT2D eigenvalue weighted by atomic mass is 9.77. The number of nitrogens with zero attached hydrogens (tertiary/aromatic N) is 4. The number of aromatic nitrogens is 2.